The fourth-order valence-corrected chi connectivity index (χ4v) is 8.04. The number of fused-ring (bicyclic) bond motifs is 5. The Hall–Kier alpha value is -5.92. The zero-order chi connectivity index (χ0) is 34.9. The first-order valence-corrected chi connectivity index (χ1v) is 18.0. The minimum absolute atomic E-state index is 0.0632. The lowest BCUT2D eigenvalue weighted by atomic mass is 9.84. The van der Waals surface area contributed by atoms with Gasteiger partial charge in [-0.25, -0.2) is 0 Å². The Morgan fingerprint density at radius 3 is 1.45 bits per heavy atom. The molecule has 0 spiro atoms. The van der Waals surface area contributed by atoms with E-state index in [2.05, 4.69) is 197 Å². The molecule has 0 N–H and O–H groups in total. The van der Waals surface area contributed by atoms with Crippen molar-refractivity contribution in [2.75, 3.05) is 0 Å². The van der Waals surface area contributed by atoms with Crippen molar-refractivity contribution in [2.45, 2.75) is 40.0 Å². The third kappa shape index (κ3) is 5.24. The molecule has 1 heteroatoms. The van der Waals surface area contributed by atoms with Crippen LogP contribution in [0.3, 0.4) is 0 Å². The third-order valence-electron chi connectivity index (χ3n) is 10.6. The summed E-state index contributed by atoms with van der Waals surface area (Å²) in [5.41, 5.74) is 15.1. The summed E-state index contributed by atoms with van der Waals surface area (Å²) in [6.07, 6.45) is 0. The maximum atomic E-state index is 2.41. The molecular formula is C50H41N. The summed E-state index contributed by atoms with van der Waals surface area (Å²) >= 11 is 0. The SMILES string of the molecule is Cc1ccc2c(-c3ccc(-c4ccc5c(c4)c4cc(C(C)(C)C)ccc4n5-c4ccccc4)cc3)c3cc(C)ccc3c(-c3ccccc3)c2c1. The number of aromatic nitrogens is 1. The van der Waals surface area contributed by atoms with Crippen LogP contribution in [0, 0.1) is 13.8 Å². The number of rotatable bonds is 4. The maximum absolute atomic E-state index is 2.41. The molecule has 1 heterocycles. The normalized spacial score (nSPS) is 12.0. The fraction of sp³-hybridized carbons (Fsp3) is 0.120. The summed E-state index contributed by atoms with van der Waals surface area (Å²) in [6.45, 7) is 11.3. The Labute approximate surface area is 300 Å². The minimum atomic E-state index is 0.0632. The van der Waals surface area contributed by atoms with E-state index in [-0.39, 0.29) is 5.41 Å². The van der Waals surface area contributed by atoms with Gasteiger partial charge in [0.25, 0.3) is 0 Å². The van der Waals surface area contributed by atoms with Gasteiger partial charge in [0.2, 0.25) is 0 Å². The highest BCUT2D eigenvalue weighted by atomic mass is 15.0. The predicted molar refractivity (Wildman–Crippen MR) is 220 cm³/mol. The molecule has 0 radical (unpaired) electrons. The largest absolute Gasteiger partial charge is 0.309 e. The molecule has 0 bridgehead atoms. The Kier molecular flexibility index (Phi) is 7.22. The third-order valence-corrected chi connectivity index (χ3v) is 10.6. The van der Waals surface area contributed by atoms with E-state index in [0.717, 1.165) is 0 Å². The van der Waals surface area contributed by atoms with E-state index in [1.165, 1.54) is 99.1 Å². The Morgan fingerprint density at radius 1 is 0.373 bits per heavy atom. The quantitative estimate of drug-likeness (QED) is 0.166. The second-order valence-corrected chi connectivity index (χ2v) is 15.2. The van der Waals surface area contributed by atoms with Crippen LogP contribution in [0.4, 0.5) is 0 Å². The van der Waals surface area contributed by atoms with Gasteiger partial charge in [0.1, 0.15) is 0 Å². The molecule has 51 heavy (non-hydrogen) atoms. The van der Waals surface area contributed by atoms with Gasteiger partial charge in [-0.3, -0.25) is 0 Å². The maximum Gasteiger partial charge on any atom is 0.0541 e. The number of hydrogen-bond donors (Lipinski definition) is 0. The molecule has 0 aliphatic heterocycles. The van der Waals surface area contributed by atoms with Crippen LogP contribution in [0.1, 0.15) is 37.5 Å². The Morgan fingerprint density at radius 2 is 0.863 bits per heavy atom. The average Bonchev–Trinajstić information content (AvgIpc) is 3.47. The number of nitrogens with zero attached hydrogens (tertiary/aromatic N) is 1. The molecule has 0 unspecified atom stereocenters. The van der Waals surface area contributed by atoms with Crippen LogP contribution in [0.2, 0.25) is 0 Å². The molecule has 0 amide bonds. The molecule has 0 aliphatic rings. The molecule has 0 fully saturated rings. The summed E-state index contributed by atoms with van der Waals surface area (Å²) < 4.78 is 2.41. The molecule has 0 aliphatic carbocycles. The number of benzene rings is 8. The van der Waals surface area contributed by atoms with Gasteiger partial charge in [-0.2, -0.15) is 0 Å². The van der Waals surface area contributed by atoms with Gasteiger partial charge in [0, 0.05) is 16.5 Å². The van der Waals surface area contributed by atoms with Crippen LogP contribution in [-0.4, -0.2) is 4.57 Å². The van der Waals surface area contributed by atoms with E-state index in [9.17, 15) is 0 Å². The van der Waals surface area contributed by atoms with Crippen LogP contribution in [-0.2, 0) is 5.41 Å². The van der Waals surface area contributed by atoms with Crippen molar-refractivity contribution in [3.8, 4) is 39.1 Å². The van der Waals surface area contributed by atoms with Crippen molar-refractivity contribution < 1.29 is 0 Å². The van der Waals surface area contributed by atoms with E-state index >= 15 is 0 Å². The van der Waals surface area contributed by atoms with Crippen molar-refractivity contribution >= 4 is 43.4 Å². The second kappa shape index (κ2) is 11.9. The van der Waals surface area contributed by atoms with Gasteiger partial charge < -0.3 is 4.57 Å². The van der Waals surface area contributed by atoms with Crippen LogP contribution < -0.4 is 0 Å². The molecule has 9 aromatic rings. The smallest absolute Gasteiger partial charge is 0.0541 e. The van der Waals surface area contributed by atoms with Gasteiger partial charge >= 0.3 is 0 Å². The highest BCUT2D eigenvalue weighted by Gasteiger charge is 2.20. The van der Waals surface area contributed by atoms with Crippen LogP contribution in [0.25, 0.3) is 82.4 Å². The van der Waals surface area contributed by atoms with Crippen molar-refractivity contribution in [3.05, 3.63) is 174 Å². The van der Waals surface area contributed by atoms with Crippen LogP contribution >= 0.6 is 0 Å². The van der Waals surface area contributed by atoms with E-state index in [1.54, 1.807) is 0 Å². The first kappa shape index (κ1) is 31.1. The van der Waals surface area contributed by atoms with Gasteiger partial charge in [-0.1, -0.05) is 153 Å². The highest BCUT2D eigenvalue weighted by Crippen LogP contribution is 2.45. The first-order chi connectivity index (χ1) is 24.7. The number of hydrogen-bond acceptors (Lipinski definition) is 0. The van der Waals surface area contributed by atoms with Crippen LogP contribution in [0.5, 0.6) is 0 Å². The standard InChI is InChI=1S/C50H41N/c1-32-17-25-41-44(28-32)48(35-12-8-6-9-13-35)40-24-16-33(2)29-45(40)49(41)36-20-18-34(19-21-36)37-22-26-46-42(30-37)43-31-38(50(3,4)5)23-27-47(43)51(46)39-14-10-7-11-15-39/h6-31H,1-5H3. The summed E-state index contributed by atoms with van der Waals surface area (Å²) in [4.78, 5) is 0. The average molecular weight is 656 g/mol. The van der Waals surface area contributed by atoms with Crippen molar-refractivity contribution in [1.82, 2.24) is 4.57 Å². The van der Waals surface area contributed by atoms with Crippen molar-refractivity contribution in [1.29, 1.82) is 0 Å². The zero-order valence-corrected chi connectivity index (χ0v) is 30.0. The van der Waals surface area contributed by atoms with E-state index in [4.69, 9.17) is 0 Å². The van der Waals surface area contributed by atoms with Gasteiger partial charge in [-0.05, 0) is 116 Å². The van der Waals surface area contributed by atoms with Crippen molar-refractivity contribution in [2.24, 2.45) is 0 Å². The van der Waals surface area contributed by atoms with E-state index in [0.29, 0.717) is 0 Å². The van der Waals surface area contributed by atoms with Crippen molar-refractivity contribution in [3.63, 3.8) is 0 Å². The monoisotopic (exact) mass is 655 g/mol. The zero-order valence-electron chi connectivity index (χ0n) is 30.0. The van der Waals surface area contributed by atoms with E-state index < -0.39 is 0 Å². The molecule has 0 saturated heterocycles. The predicted octanol–water partition coefficient (Wildman–Crippen LogP) is 14.0. The molecule has 1 nitrogen and oxygen atoms in total. The lowest BCUT2D eigenvalue weighted by Crippen LogP contribution is -2.10. The van der Waals surface area contributed by atoms with E-state index in [1.807, 2.05) is 0 Å². The number of para-hydroxylation sites is 1. The summed E-state index contributed by atoms with van der Waals surface area (Å²) in [5.74, 6) is 0. The van der Waals surface area contributed by atoms with Gasteiger partial charge in [0.05, 0.1) is 11.0 Å². The summed E-state index contributed by atoms with van der Waals surface area (Å²) in [5, 5.41) is 7.74. The topological polar surface area (TPSA) is 4.93 Å². The molecule has 9 rings (SSSR count). The first-order valence-electron chi connectivity index (χ1n) is 18.0. The summed E-state index contributed by atoms with van der Waals surface area (Å²) in [7, 11) is 0. The van der Waals surface area contributed by atoms with Crippen LogP contribution in [0.15, 0.2) is 158 Å². The minimum Gasteiger partial charge on any atom is -0.309 e. The Bertz CT molecular complexity index is 2760. The molecule has 0 atom stereocenters. The molecule has 246 valence electrons. The summed E-state index contributed by atoms with van der Waals surface area (Å²) in [6, 6.07) is 58.7. The lowest BCUT2D eigenvalue weighted by Gasteiger charge is -2.19. The molecular weight excluding hydrogens is 615 g/mol. The molecule has 1 aromatic heterocycles. The molecule has 0 saturated carbocycles. The van der Waals surface area contributed by atoms with Gasteiger partial charge in [0.15, 0.2) is 0 Å². The molecule has 8 aromatic carbocycles. The number of aryl methyl sites for hydroxylation is 2. The fourth-order valence-electron chi connectivity index (χ4n) is 8.04. The van der Waals surface area contributed by atoms with Gasteiger partial charge in [-0.15, -0.1) is 0 Å². The second-order valence-electron chi connectivity index (χ2n) is 15.2. The lowest BCUT2D eigenvalue weighted by molar-refractivity contribution is 0.591. The Balaban J connectivity index is 1.23. The highest BCUT2D eigenvalue weighted by molar-refractivity contribution is 6.21.